The smallest absolute Gasteiger partial charge is 0.278 e. The first-order chi connectivity index (χ1) is 13.3. The quantitative estimate of drug-likeness (QED) is 0.344. The maximum atomic E-state index is 12.5. The van der Waals surface area contributed by atoms with Crippen molar-refractivity contribution in [1.29, 1.82) is 0 Å². The number of carbonyl (C=O) groups excluding carboxylic acids is 2. The van der Waals surface area contributed by atoms with Gasteiger partial charge < -0.3 is 15.4 Å². The Hall–Kier alpha value is -3.92. The van der Waals surface area contributed by atoms with Crippen molar-refractivity contribution in [3.05, 3.63) is 74.2 Å². The summed E-state index contributed by atoms with van der Waals surface area (Å²) in [7, 11) is 0. The van der Waals surface area contributed by atoms with E-state index in [0.717, 1.165) is 6.07 Å². The average Bonchev–Trinajstić information content (AvgIpc) is 2.66. The molecule has 0 radical (unpaired) electrons. The molecule has 0 aliphatic carbocycles. The van der Waals surface area contributed by atoms with Crippen LogP contribution in [-0.4, -0.2) is 31.7 Å². The van der Waals surface area contributed by atoms with E-state index in [-0.39, 0.29) is 28.2 Å². The highest BCUT2D eigenvalue weighted by molar-refractivity contribution is 5.99. The van der Waals surface area contributed by atoms with Crippen LogP contribution in [0.25, 0.3) is 11.0 Å². The van der Waals surface area contributed by atoms with Crippen molar-refractivity contribution in [3.63, 3.8) is 0 Å². The van der Waals surface area contributed by atoms with Crippen molar-refractivity contribution < 1.29 is 19.6 Å². The summed E-state index contributed by atoms with van der Waals surface area (Å²) in [5, 5.41) is 23.7. The van der Waals surface area contributed by atoms with Gasteiger partial charge in [-0.1, -0.05) is 12.1 Å². The van der Waals surface area contributed by atoms with Gasteiger partial charge in [-0.25, -0.2) is 4.98 Å². The fourth-order valence-electron chi connectivity index (χ4n) is 2.59. The third-order valence-electron chi connectivity index (χ3n) is 3.92. The molecule has 1 heterocycles. The van der Waals surface area contributed by atoms with Gasteiger partial charge in [-0.2, -0.15) is 0 Å². The molecule has 1 atom stereocenters. The van der Waals surface area contributed by atoms with Crippen LogP contribution in [0.3, 0.4) is 0 Å². The molecule has 3 rings (SSSR count). The van der Waals surface area contributed by atoms with Gasteiger partial charge in [0.1, 0.15) is 6.10 Å². The lowest BCUT2D eigenvalue weighted by Gasteiger charge is -2.10. The Morgan fingerprint density at radius 1 is 1.21 bits per heavy atom. The van der Waals surface area contributed by atoms with E-state index in [0.29, 0.717) is 5.69 Å². The summed E-state index contributed by atoms with van der Waals surface area (Å²) in [5.74, 6) is -1.19. The minimum Gasteiger partial charge on any atom is -0.380 e. The number of ketones is 1. The second-order valence-electron chi connectivity index (χ2n) is 5.94. The maximum Gasteiger partial charge on any atom is 0.278 e. The molecule has 0 fully saturated rings. The summed E-state index contributed by atoms with van der Waals surface area (Å²) in [6, 6.07) is 9.51. The van der Waals surface area contributed by atoms with Crippen molar-refractivity contribution >= 4 is 34.1 Å². The van der Waals surface area contributed by atoms with Crippen LogP contribution in [0.5, 0.6) is 0 Å². The zero-order valence-corrected chi connectivity index (χ0v) is 14.5. The van der Waals surface area contributed by atoms with Gasteiger partial charge in [0.05, 0.1) is 16.0 Å². The Kier molecular flexibility index (Phi) is 4.96. The predicted octanol–water partition coefficient (Wildman–Crippen LogP) is 1.71. The highest BCUT2D eigenvalue weighted by atomic mass is 16.6. The molecule has 142 valence electrons. The first kappa shape index (κ1) is 18.9. The number of non-ortho nitro benzene ring substituents is 1. The number of nitro benzene ring substituents is 1. The number of anilines is 1. The fraction of sp³-hybridized carbons (Fsp3) is 0.111. The van der Waals surface area contributed by atoms with Crippen LogP contribution in [0.15, 0.2) is 47.3 Å². The lowest BCUT2D eigenvalue weighted by molar-refractivity contribution is -0.384. The molecule has 0 unspecified atom stereocenters. The predicted molar refractivity (Wildman–Crippen MR) is 99.1 cm³/mol. The second-order valence-corrected chi connectivity index (χ2v) is 5.94. The highest BCUT2D eigenvalue weighted by Crippen LogP contribution is 2.21. The number of H-pyrrole nitrogens is 1. The Balaban J connectivity index is 1.92. The van der Waals surface area contributed by atoms with Crippen molar-refractivity contribution in [2.45, 2.75) is 13.0 Å². The molecular formula is C18H14N4O6. The SMILES string of the molecule is CC(=O)Nc1ccc([C@@H](O)C(=O)c2nc3ccc([N+](=O)[O-])cc3[nH]c2=O)cc1. The van der Waals surface area contributed by atoms with Gasteiger partial charge in [0.25, 0.3) is 11.2 Å². The number of aromatic nitrogens is 2. The summed E-state index contributed by atoms with van der Waals surface area (Å²) in [4.78, 5) is 52.3. The van der Waals surface area contributed by atoms with Gasteiger partial charge in [0.2, 0.25) is 11.7 Å². The number of carbonyl (C=O) groups is 2. The largest absolute Gasteiger partial charge is 0.380 e. The summed E-state index contributed by atoms with van der Waals surface area (Å²) in [5.41, 5.74) is -0.648. The monoisotopic (exact) mass is 382 g/mol. The zero-order chi connectivity index (χ0) is 20.4. The molecule has 28 heavy (non-hydrogen) atoms. The normalized spacial score (nSPS) is 11.8. The number of nitrogens with one attached hydrogen (secondary N) is 2. The molecule has 10 nitrogen and oxygen atoms in total. The van der Waals surface area contributed by atoms with Crippen LogP contribution < -0.4 is 10.9 Å². The van der Waals surface area contributed by atoms with Crippen LogP contribution in [0.1, 0.15) is 29.1 Å². The number of rotatable bonds is 5. The average molecular weight is 382 g/mol. The number of nitro groups is 1. The Bertz CT molecular complexity index is 1150. The summed E-state index contributed by atoms with van der Waals surface area (Å²) in [6.45, 7) is 1.35. The van der Waals surface area contributed by atoms with E-state index in [4.69, 9.17) is 0 Å². The molecule has 3 N–H and O–H groups in total. The van der Waals surface area contributed by atoms with Gasteiger partial charge in [0, 0.05) is 24.7 Å². The number of nitrogens with zero attached hydrogens (tertiary/aromatic N) is 2. The minimum absolute atomic E-state index is 0.102. The Morgan fingerprint density at radius 3 is 2.50 bits per heavy atom. The molecule has 0 bridgehead atoms. The molecule has 0 saturated carbocycles. The molecule has 1 aromatic heterocycles. The first-order valence-corrected chi connectivity index (χ1v) is 8.04. The number of hydrogen-bond donors (Lipinski definition) is 3. The molecule has 3 aromatic rings. The maximum absolute atomic E-state index is 12.5. The van der Waals surface area contributed by atoms with Gasteiger partial charge in [-0.15, -0.1) is 0 Å². The first-order valence-electron chi connectivity index (χ1n) is 8.04. The molecule has 0 spiro atoms. The van der Waals surface area contributed by atoms with Gasteiger partial charge in [0.15, 0.2) is 5.69 Å². The molecule has 0 aliphatic heterocycles. The third kappa shape index (κ3) is 3.76. The molecule has 10 heteroatoms. The number of amides is 1. The molecule has 0 saturated heterocycles. The number of benzene rings is 2. The number of hydrogen-bond acceptors (Lipinski definition) is 7. The van der Waals surface area contributed by atoms with Crippen molar-refractivity contribution in [2.75, 3.05) is 5.32 Å². The van der Waals surface area contributed by atoms with Crippen LogP contribution in [0.2, 0.25) is 0 Å². The van der Waals surface area contributed by atoms with Gasteiger partial charge >= 0.3 is 0 Å². The second kappa shape index (κ2) is 7.37. The number of Topliss-reactive ketones (excluding diaryl/α,β-unsaturated/α-hetero) is 1. The van der Waals surface area contributed by atoms with E-state index in [9.17, 15) is 29.6 Å². The highest BCUT2D eigenvalue weighted by Gasteiger charge is 2.24. The topological polar surface area (TPSA) is 155 Å². The van der Waals surface area contributed by atoms with E-state index in [1.54, 1.807) is 0 Å². The molecule has 1 amide bonds. The Morgan fingerprint density at radius 2 is 1.89 bits per heavy atom. The summed E-state index contributed by atoms with van der Waals surface area (Å²) in [6.07, 6.45) is -1.64. The van der Waals surface area contributed by atoms with Crippen LogP contribution in [0, 0.1) is 10.1 Å². The number of aliphatic hydroxyl groups excluding tert-OH is 1. The standard InChI is InChI=1S/C18H14N4O6/c1-9(23)19-11-4-2-10(3-5-11)16(24)17(25)15-18(26)21-14-8-12(22(27)28)6-7-13(14)20-15/h2-8,16,24H,1H3,(H,19,23)(H,21,26)/t16-/m1/s1. The van der Waals surface area contributed by atoms with Crippen LogP contribution in [-0.2, 0) is 4.79 Å². The van der Waals surface area contributed by atoms with E-state index in [1.807, 2.05) is 0 Å². The van der Waals surface area contributed by atoms with Crippen LogP contribution >= 0.6 is 0 Å². The van der Waals surface area contributed by atoms with Crippen molar-refractivity contribution in [1.82, 2.24) is 9.97 Å². The van der Waals surface area contributed by atoms with Crippen molar-refractivity contribution in [2.24, 2.45) is 0 Å². The number of aromatic amines is 1. The zero-order valence-electron chi connectivity index (χ0n) is 14.5. The van der Waals surface area contributed by atoms with Crippen LogP contribution in [0.4, 0.5) is 11.4 Å². The van der Waals surface area contributed by atoms with Gasteiger partial charge in [-0.05, 0) is 23.8 Å². The Labute approximate surface area is 157 Å². The van der Waals surface area contributed by atoms with Crippen molar-refractivity contribution in [3.8, 4) is 0 Å². The molecule has 0 aliphatic rings. The van der Waals surface area contributed by atoms with E-state index in [2.05, 4.69) is 15.3 Å². The van der Waals surface area contributed by atoms with E-state index in [1.165, 1.54) is 43.3 Å². The van der Waals surface area contributed by atoms with E-state index >= 15 is 0 Å². The third-order valence-corrected chi connectivity index (χ3v) is 3.92. The van der Waals surface area contributed by atoms with E-state index < -0.39 is 28.1 Å². The molecule has 2 aromatic carbocycles. The summed E-state index contributed by atoms with van der Waals surface area (Å²) >= 11 is 0. The number of fused-ring (bicyclic) bond motifs is 1. The lowest BCUT2D eigenvalue weighted by Crippen LogP contribution is -2.24. The lowest BCUT2D eigenvalue weighted by atomic mass is 10.0. The molecular weight excluding hydrogens is 368 g/mol. The minimum atomic E-state index is -1.64. The fourth-order valence-corrected chi connectivity index (χ4v) is 2.59. The van der Waals surface area contributed by atoms with Gasteiger partial charge in [-0.3, -0.25) is 24.5 Å². The summed E-state index contributed by atoms with van der Waals surface area (Å²) < 4.78 is 0. The number of aliphatic hydroxyl groups is 1.